The predicted molar refractivity (Wildman–Crippen MR) is 97.5 cm³/mol. The molecule has 0 N–H and O–H groups in total. The number of aromatic nitrogens is 1. The number of ether oxygens (including phenoxy) is 2. The van der Waals surface area contributed by atoms with Crippen LogP contribution in [0.3, 0.4) is 0 Å². The average Bonchev–Trinajstić information content (AvgIpc) is 3.11. The Labute approximate surface area is 156 Å². The molecule has 0 radical (unpaired) electrons. The van der Waals surface area contributed by atoms with Gasteiger partial charge in [-0.2, -0.15) is 0 Å². The topological polar surface area (TPSA) is 61.6 Å². The molecule has 0 aliphatic rings. The summed E-state index contributed by atoms with van der Waals surface area (Å²) in [5.74, 6) is 1.02. The first-order valence-electron chi connectivity index (χ1n) is 8.22. The minimum Gasteiger partial charge on any atom is -0.487 e. The third-order valence-corrected chi connectivity index (χ3v) is 3.86. The molecule has 0 bridgehead atoms. The SMILES string of the molecule is CCOC(=O)c1ccc(Cc2cc(Cl)ccc2OCc2ccccn2)o1. The molecule has 2 heterocycles. The highest BCUT2D eigenvalue weighted by atomic mass is 35.5. The largest absolute Gasteiger partial charge is 0.487 e. The minimum atomic E-state index is -0.475. The smallest absolute Gasteiger partial charge is 0.374 e. The van der Waals surface area contributed by atoms with Gasteiger partial charge in [0.25, 0.3) is 0 Å². The summed E-state index contributed by atoms with van der Waals surface area (Å²) in [6.07, 6.45) is 2.17. The summed E-state index contributed by atoms with van der Waals surface area (Å²) in [6.45, 7) is 2.40. The van der Waals surface area contributed by atoms with Gasteiger partial charge in [-0.3, -0.25) is 4.98 Å². The van der Waals surface area contributed by atoms with E-state index in [9.17, 15) is 4.79 Å². The molecule has 3 rings (SSSR count). The Balaban J connectivity index is 1.74. The van der Waals surface area contributed by atoms with Crippen molar-refractivity contribution in [3.05, 3.63) is 82.5 Å². The van der Waals surface area contributed by atoms with E-state index in [0.717, 1.165) is 11.3 Å². The molecule has 0 amide bonds. The zero-order chi connectivity index (χ0) is 18.4. The number of furan rings is 1. The molecule has 6 heteroatoms. The molecule has 0 atom stereocenters. The van der Waals surface area contributed by atoms with Gasteiger partial charge < -0.3 is 13.9 Å². The quantitative estimate of drug-likeness (QED) is 0.564. The number of hydrogen-bond acceptors (Lipinski definition) is 5. The van der Waals surface area contributed by atoms with Crippen LogP contribution in [0.2, 0.25) is 5.02 Å². The number of benzene rings is 1. The standard InChI is InChI=1S/C20H18ClNO4/c1-2-24-20(23)19-9-7-17(26-19)12-14-11-15(21)6-8-18(14)25-13-16-5-3-4-10-22-16/h3-11H,2,12-13H2,1H3. The summed E-state index contributed by atoms with van der Waals surface area (Å²) in [4.78, 5) is 16.0. The highest BCUT2D eigenvalue weighted by Gasteiger charge is 2.14. The van der Waals surface area contributed by atoms with Crippen molar-refractivity contribution in [1.82, 2.24) is 4.98 Å². The number of halogens is 1. The zero-order valence-corrected chi connectivity index (χ0v) is 15.0. The Morgan fingerprint density at radius 1 is 1.19 bits per heavy atom. The molecule has 0 aliphatic carbocycles. The summed E-state index contributed by atoms with van der Waals surface area (Å²) in [5.41, 5.74) is 1.69. The normalized spacial score (nSPS) is 10.5. The van der Waals surface area contributed by atoms with E-state index in [1.807, 2.05) is 30.3 Å². The van der Waals surface area contributed by atoms with E-state index in [2.05, 4.69) is 4.98 Å². The summed E-state index contributed by atoms with van der Waals surface area (Å²) in [7, 11) is 0. The van der Waals surface area contributed by atoms with Crippen LogP contribution in [-0.4, -0.2) is 17.6 Å². The molecule has 0 saturated heterocycles. The lowest BCUT2D eigenvalue weighted by Crippen LogP contribution is -2.03. The van der Waals surface area contributed by atoms with Crippen molar-refractivity contribution in [2.24, 2.45) is 0 Å². The van der Waals surface area contributed by atoms with Crippen LogP contribution in [0, 0.1) is 0 Å². The highest BCUT2D eigenvalue weighted by Crippen LogP contribution is 2.27. The van der Waals surface area contributed by atoms with Crippen LogP contribution < -0.4 is 4.74 Å². The van der Waals surface area contributed by atoms with Gasteiger partial charge in [-0.1, -0.05) is 17.7 Å². The molecule has 1 aromatic carbocycles. The second-order valence-electron chi connectivity index (χ2n) is 5.53. The van der Waals surface area contributed by atoms with Crippen molar-refractivity contribution in [2.45, 2.75) is 20.0 Å². The Hall–Kier alpha value is -2.79. The fourth-order valence-electron chi connectivity index (χ4n) is 2.43. The van der Waals surface area contributed by atoms with E-state index in [0.29, 0.717) is 36.2 Å². The van der Waals surface area contributed by atoms with Crippen LogP contribution in [0.25, 0.3) is 0 Å². The van der Waals surface area contributed by atoms with Crippen LogP contribution in [0.1, 0.15) is 34.5 Å². The van der Waals surface area contributed by atoms with Gasteiger partial charge >= 0.3 is 5.97 Å². The van der Waals surface area contributed by atoms with Gasteiger partial charge in [0.05, 0.1) is 12.3 Å². The van der Waals surface area contributed by atoms with Crippen LogP contribution >= 0.6 is 11.6 Å². The second-order valence-corrected chi connectivity index (χ2v) is 5.96. The van der Waals surface area contributed by atoms with Gasteiger partial charge in [0, 0.05) is 23.2 Å². The molecule has 0 spiro atoms. The fraction of sp³-hybridized carbons (Fsp3) is 0.200. The minimum absolute atomic E-state index is 0.180. The summed E-state index contributed by atoms with van der Waals surface area (Å²) in [6, 6.07) is 14.4. The monoisotopic (exact) mass is 371 g/mol. The lowest BCUT2D eigenvalue weighted by atomic mass is 10.1. The lowest BCUT2D eigenvalue weighted by molar-refractivity contribution is 0.0488. The lowest BCUT2D eigenvalue weighted by Gasteiger charge is -2.11. The van der Waals surface area contributed by atoms with Crippen molar-refractivity contribution in [3.63, 3.8) is 0 Å². The van der Waals surface area contributed by atoms with Crippen molar-refractivity contribution >= 4 is 17.6 Å². The molecule has 0 saturated carbocycles. The molecule has 5 nitrogen and oxygen atoms in total. The second kappa shape index (κ2) is 8.54. The maximum atomic E-state index is 11.7. The van der Waals surface area contributed by atoms with Crippen LogP contribution in [0.5, 0.6) is 5.75 Å². The van der Waals surface area contributed by atoms with E-state index in [4.69, 9.17) is 25.5 Å². The molecule has 0 fully saturated rings. The first-order chi connectivity index (χ1) is 12.7. The Morgan fingerprint density at radius 3 is 2.85 bits per heavy atom. The average molecular weight is 372 g/mol. The van der Waals surface area contributed by atoms with Gasteiger partial charge in [-0.15, -0.1) is 0 Å². The predicted octanol–water partition coefficient (Wildman–Crippen LogP) is 4.67. The van der Waals surface area contributed by atoms with E-state index in [-0.39, 0.29) is 5.76 Å². The molecule has 2 aromatic heterocycles. The number of rotatable bonds is 7. The summed E-state index contributed by atoms with van der Waals surface area (Å²) < 4.78 is 16.4. The molecule has 0 aliphatic heterocycles. The molecule has 0 unspecified atom stereocenters. The number of carbonyl (C=O) groups excluding carboxylic acids is 1. The van der Waals surface area contributed by atoms with E-state index in [1.54, 1.807) is 31.3 Å². The molecule has 134 valence electrons. The third-order valence-electron chi connectivity index (χ3n) is 3.63. The van der Waals surface area contributed by atoms with Gasteiger partial charge in [0.1, 0.15) is 18.1 Å². The third kappa shape index (κ3) is 4.64. The number of hydrogen-bond donors (Lipinski definition) is 0. The first kappa shape index (κ1) is 18.0. The Bertz CT molecular complexity index is 877. The number of carbonyl (C=O) groups is 1. The van der Waals surface area contributed by atoms with Crippen molar-refractivity contribution in [1.29, 1.82) is 0 Å². The Kier molecular flexibility index (Phi) is 5.92. The van der Waals surface area contributed by atoms with Gasteiger partial charge in [0.2, 0.25) is 5.76 Å². The van der Waals surface area contributed by atoms with E-state index < -0.39 is 5.97 Å². The van der Waals surface area contributed by atoms with Gasteiger partial charge in [0.15, 0.2) is 0 Å². The maximum absolute atomic E-state index is 11.7. The van der Waals surface area contributed by atoms with Crippen LogP contribution in [-0.2, 0) is 17.8 Å². The van der Waals surface area contributed by atoms with Crippen molar-refractivity contribution < 1.29 is 18.7 Å². The molecule has 3 aromatic rings. The Morgan fingerprint density at radius 2 is 2.08 bits per heavy atom. The van der Waals surface area contributed by atoms with E-state index >= 15 is 0 Å². The summed E-state index contributed by atoms with van der Waals surface area (Å²) >= 11 is 6.12. The number of esters is 1. The summed E-state index contributed by atoms with van der Waals surface area (Å²) in [5, 5.41) is 0.599. The van der Waals surface area contributed by atoms with Crippen LogP contribution in [0.15, 0.2) is 59.1 Å². The highest BCUT2D eigenvalue weighted by molar-refractivity contribution is 6.30. The zero-order valence-electron chi connectivity index (χ0n) is 14.3. The van der Waals surface area contributed by atoms with Gasteiger partial charge in [-0.05, 0) is 49.4 Å². The van der Waals surface area contributed by atoms with Gasteiger partial charge in [-0.25, -0.2) is 4.79 Å². The van der Waals surface area contributed by atoms with Crippen molar-refractivity contribution in [3.8, 4) is 5.75 Å². The fourth-order valence-corrected chi connectivity index (χ4v) is 2.63. The van der Waals surface area contributed by atoms with Crippen molar-refractivity contribution in [2.75, 3.05) is 6.61 Å². The number of pyridine rings is 1. The van der Waals surface area contributed by atoms with Crippen LogP contribution in [0.4, 0.5) is 0 Å². The number of nitrogens with zero attached hydrogens (tertiary/aromatic N) is 1. The molecule has 26 heavy (non-hydrogen) atoms. The molecular formula is C20H18ClNO4. The molecular weight excluding hydrogens is 354 g/mol. The van der Waals surface area contributed by atoms with E-state index in [1.165, 1.54) is 0 Å². The first-order valence-corrected chi connectivity index (χ1v) is 8.60. The maximum Gasteiger partial charge on any atom is 0.374 e.